The fourth-order valence-corrected chi connectivity index (χ4v) is 2.75. The average Bonchev–Trinajstić information content (AvgIpc) is 3.09. The van der Waals surface area contributed by atoms with Gasteiger partial charge < -0.3 is 19.5 Å². The van der Waals surface area contributed by atoms with E-state index in [9.17, 15) is 9.59 Å². The summed E-state index contributed by atoms with van der Waals surface area (Å²) < 4.78 is 15.1. The second kappa shape index (κ2) is 9.85. The molecule has 0 radical (unpaired) electrons. The number of aromatic nitrogens is 1. The summed E-state index contributed by atoms with van der Waals surface area (Å²) in [6.07, 6.45) is -0.386. The molecule has 0 bridgehead atoms. The van der Waals surface area contributed by atoms with Crippen LogP contribution in [0.1, 0.15) is 16.1 Å². The third kappa shape index (κ3) is 5.80. The summed E-state index contributed by atoms with van der Waals surface area (Å²) in [5.41, 5.74) is 1.06. The Kier molecular flexibility index (Phi) is 7.52. The van der Waals surface area contributed by atoms with Crippen LogP contribution in [-0.4, -0.2) is 51.0 Å². The smallest absolute Gasteiger partial charge is 0.257 e. The summed E-state index contributed by atoms with van der Waals surface area (Å²) in [4.78, 5) is 28.4. The van der Waals surface area contributed by atoms with Gasteiger partial charge in [-0.05, 0) is 24.3 Å². The normalized spacial score (nSPS) is 10.6. The van der Waals surface area contributed by atoms with Gasteiger partial charge in [-0.25, -0.2) is 4.98 Å². The molecule has 1 heterocycles. The Labute approximate surface area is 155 Å². The molecule has 0 saturated heterocycles. The molecule has 2 aromatic rings. The summed E-state index contributed by atoms with van der Waals surface area (Å²) in [6, 6.07) is 6.75. The van der Waals surface area contributed by atoms with Crippen LogP contribution in [0.4, 0.5) is 5.13 Å². The van der Waals surface area contributed by atoms with Crippen molar-refractivity contribution in [3.63, 3.8) is 0 Å². The van der Waals surface area contributed by atoms with Gasteiger partial charge in [0, 0.05) is 25.2 Å². The Morgan fingerprint density at radius 3 is 2.46 bits per heavy atom. The molecule has 9 heteroatoms. The van der Waals surface area contributed by atoms with Crippen molar-refractivity contribution in [2.24, 2.45) is 0 Å². The lowest BCUT2D eigenvalue weighted by Gasteiger charge is -2.13. The minimum atomic E-state index is -0.492. The zero-order valence-corrected chi connectivity index (χ0v) is 15.6. The molecule has 0 fully saturated rings. The van der Waals surface area contributed by atoms with Crippen LogP contribution >= 0.6 is 11.3 Å². The first-order chi connectivity index (χ1) is 12.5. The van der Waals surface area contributed by atoms with Crippen LogP contribution in [0.2, 0.25) is 0 Å². The van der Waals surface area contributed by atoms with E-state index in [1.165, 1.54) is 25.6 Å². The van der Waals surface area contributed by atoms with Gasteiger partial charge in [0.05, 0.1) is 25.8 Å². The Hall–Kier alpha value is -2.49. The SMILES string of the molecule is COc1ccc(C(=O)Nc2nc(CC(=O)NCC(OC)OC)cs2)cc1. The largest absolute Gasteiger partial charge is 0.497 e. The number of nitrogens with zero attached hydrogens (tertiary/aromatic N) is 1. The van der Waals surface area contributed by atoms with E-state index in [-0.39, 0.29) is 24.8 Å². The maximum absolute atomic E-state index is 12.2. The number of rotatable bonds is 9. The summed E-state index contributed by atoms with van der Waals surface area (Å²) in [5.74, 6) is 0.191. The number of nitrogens with one attached hydrogen (secondary N) is 2. The van der Waals surface area contributed by atoms with E-state index in [0.29, 0.717) is 22.1 Å². The number of methoxy groups -OCH3 is 3. The lowest BCUT2D eigenvalue weighted by Crippen LogP contribution is -2.35. The number of hydrogen-bond acceptors (Lipinski definition) is 7. The standard InChI is InChI=1S/C17H21N3O5S/c1-23-13-6-4-11(5-7-13)16(22)20-17-19-12(10-26-17)8-14(21)18-9-15(24-2)25-3/h4-7,10,15H,8-9H2,1-3H3,(H,18,21)(H,19,20,22). The van der Waals surface area contributed by atoms with Crippen molar-refractivity contribution in [3.8, 4) is 5.75 Å². The monoisotopic (exact) mass is 379 g/mol. The number of hydrogen-bond donors (Lipinski definition) is 2. The van der Waals surface area contributed by atoms with Crippen molar-refractivity contribution in [2.45, 2.75) is 12.7 Å². The van der Waals surface area contributed by atoms with Gasteiger partial charge in [0.15, 0.2) is 11.4 Å². The maximum Gasteiger partial charge on any atom is 0.257 e. The van der Waals surface area contributed by atoms with Crippen LogP contribution in [0.3, 0.4) is 0 Å². The van der Waals surface area contributed by atoms with Crippen molar-refractivity contribution in [1.29, 1.82) is 0 Å². The zero-order valence-electron chi connectivity index (χ0n) is 14.8. The van der Waals surface area contributed by atoms with Gasteiger partial charge in [-0.15, -0.1) is 11.3 Å². The molecule has 0 aliphatic heterocycles. The molecule has 0 unspecified atom stereocenters. The molecule has 0 atom stereocenters. The van der Waals surface area contributed by atoms with E-state index in [2.05, 4.69) is 15.6 Å². The Morgan fingerprint density at radius 2 is 1.85 bits per heavy atom. The lowest BCUT2D eigenvalue weighted by atomic mass is 10.2. The molecule has 2 N–H and O–H groups in total. The fourth-order valence-electron chi connectivity index (χ4n) is 2.04. The highest BCUT2D eigenvalue weighted by Crippen LogP contribution is 2.18. The molecule has 0 aliphatic rings. The highest BCUT2D eigenvalue weighted by Gasteiger charge is 2.13. The number of carbonyl (C=O) groups is 2. The highest BCUT2D eigenvalue weighted by molar-refractivity contribution is 7.14. The number of benzene rings is 1. The molecular formula is C17H21N3O5S. The van der Waals surface area contributed by atoms with Gasteiger partial charge in [-0.2, -0.15) is 0 Å². The molecule has 0 spiro atoms. The Balaban J connectivity index is 1.86. The average molecular weight is 379 g/mol. The Bertz CT molecular complexity index is 728. The van der Waals surface area contributed by atoms with Crippen molar-refractivity contribution >= 4 is 28.3 Å². The number of anilines is 1. The van der Waals surface area contributed by atoms with Gasteiger partial charge >= 0.3 is 0 Å². The van der Waals surface area contributed by atoms with Crippen LogP contribution < -0.4 is 15.4 Å². The first-order valence-corrected chi connectivity index (χ1v) is 8.65. The quantitative estimate of drug-likeness (QED) is 0.643. The second-order valence-corrected chi connectivity index (χ2v) is 6.07. The van der Waals surface area contributed by atoms with Gasteiger partial charge in [0.2, 0.25) is 5.91 Å². The molecule has 2 amide bonds. The second-order valence-electron chi connectivity index (χ2n) is 5.21. The molecule has 1 aromatic heterocycles. The molecule has 1 aromatic carbocycles. The van der Waals surface area contributed by atoms with E-state index < -0.39 is 6.29 Å². The van der Waals surface area contributed by atoms with Crippen molar-refractivity contribution in [2.75, 3.05) is 33.2 Å². The topological polar surface area (TPSA) is 98.8 Å². The molecule has 26 heavy (non-hydrogen) atoms. The first-order valence-electron chi connectivity index (χ1n) is 7.77. The van der Waals surface area contributed by atoms with Crippen LogP contribution in [0.25, 0.3) is 0 Å². The Morgan fingerprint density at radius 1 is 1.15 bits per heavy atom. The van der Waals surface area contributed by atoms with Gasteiger partial charge in [0.25, 0.3) is 5.91 Å². The van der Waals surface area contributed by atoms with E-state index >= 15 is 0 Å². The summed E-state index contributed by atoms with van der Waals surface area (Å²) in [7, 11) is 4.56. The number of amides is 2. The lowest BCUT2D eigenvalue weighted by molar-refractivity contribution is -0.126. The molecule has 2 rings (SSSR count). The predicted octanol–water partition coefficient (Wildman–Crippen LogP) is 1.68. The minimum absolute atomic E-state index is 0.106. The molecule has 140 valence electrons. The molecule has 0 saturated carbocycles. The van der Waals surface area contributed by atoms with Crippen LogP contribution in [0, 0.1) is 0 Å². The molecular weight excluding hydrogens is 358 g/mol. The van der Waals surface area contributed by atoms with Crippen LogP contribution in [0.5, 0.6) is 5.75 Å². The van der Waals surface area contributed by atoms with E-state index in [1.54, 1.807) is 36.8 Å². The number of ether oxygens (including phenoxy) is 3. The minimum Gasteiger partial charge on any atom is -0.497 e. The first kappa shape index (κ1) is 19.8. The van der Waals surface area contributed by atoms with Gasteiger partial charge in [-0.1, -0.05) is 0 Å². The number of thiazole rings is 1. The summed E-state index contributed by atoms with van der Waals surface area (Å²) >= 11 is 1.26. The summed E-state index contributed by atoms with van der Waals surface area (Å²) in [5, 5.41) is 7.57. The highest BCUT2D eigenvalue weighted by atomic mass is 32.1. The van der Waals surface area contributed by atoms with Gasteiger partial charge in [-0.3, -0.25) is 14.9 Å². The van der Waals surface area contributed by atoms with Gasteiger partial charge in [0.1, 0.15) is 5.75 Å². The van der Waals surface area contributed by atoms with Crippen LogP contribution in [-0.2, 0) is 20.7 Å². The van der Waals surface area contributed by atoms with E-state index in [0.717, 1.165) is 0 Å². The fraction of sp³-hybridized carbons (Fsp3) is 0.353. The van der Waals surface area contributed by atoms with Crippen LogP contribution in [0.15, 0.2) is 29.6 Å². The summed E-state index contributed by atoms with van der Waals surface area (Å²) in [6.45, 7) is 0.247. The zero-order chi connectivity index (χ0) is 18.9. The van der Waals surface area contributed by atoms with E-state index in [4.69, 9.17) is 14.2 Å². The molecule has 0 aliphatic carbocycles. The maximum atomic E-state index is 12.2. The van der Waals surface area contributed by atoms with Crippen molar-refractivity contribution in [3.05, 3.63) is 40.9 Å². The van der Waals surface area contributed by atoms with E-state index in [1.807, 2.05) is 0 Å². The van der Waals surface area contributed by atoms with Crippen molar-refractivity contribution < 1.29 is 23.8 Å². The van der Waals surface area contributed by atoms with Crippen molar-refractivity contribution in [1.82, 2.24) is 10.3 Å². The molecule has 8 nitrogen and oxygen atoms in total. The predicted molar refractivity (Wildman–Crippen MR) is 97.6 cm³/mol. The third-order valence-corrected chi connectivity index (χ3v) is 4.26. The third-order valence-electron chi connectivity index (χ3n) is 3.46. The number of carbonyl (C=O) groups excluding carboxylic acids is 2.